The lowest BCUT2D eigenvalue weighted by atomic mass is 10.1. The minimum atomic E-state index is -1.36. The Labute approximate surface area is 370 Å². The number of hydrogen-bond acceptors (Lipinski definition) is 7. The number of fused-ring (bicyclic) bond motifs is 2. The summed E-state index contributed by atoms with van der Waals surface area (Å²) in [7, 11) is 0. The molecule has 0 amide bonds. The molecule has 2 atom stereocenters. The van der Waals surface area contributed by atoms with Gasteiger partial charge in [0.1, 0.15) is 17.2 Å². The van der Waals surface area contributed by atoms with Crippen LogP contribution in [0.15, 0.2) is 66.2 Å². The number of piperazine rings is 2. The van der Waals surface area contributed by atoms with Crippen molar-refractivity contribution in [2.45, 2.75) is 85.5 Å². The second-order valence-corrected chi connectivity index (χ2v) is 16.3. The first-order valence-corrected chi connectivity index (χ1v) is 21.8. The molecule has 6 rings (SSSR count). The topological polar surface area (TPSA) is 248 Å². The zero-order chi connectivity index (χ0) is 46.4. The van der Waals surface area contributed by atoms with Gasteiger partial charge in [-0.15, -0.1) is 0 Å². The maximum absolute atomic E-state index is 15.4. The molecule has 2 aliphatic heterocycles. The molecule has 18 nitrogen and oxygen atoms in total. The molecule has 64 heavy (non-hydrogen) atoms. The number of benzene rings is 2. The molecule has 4 aromatic rings. The first-order chi connectivity index (χ1) is 30.5. The average molecular weight is 887 g/mol. The van der Waals surface area contributed by atoms with E-state index in [0.717, 1.165) is 31.7 Å². The maximum atomic E-state index is 15.4. The summed E-state index contributed by atoms with van der Waals surface area (Å²) < 4.78 is 34.4. The zero-order valence-corrected chi connectivity index (χ0v) is 37.2. The molecule has 344 valence electrons. The fourth-order valence-corrected chi connectivity index (χ4v) is 8.54. The van der Waals surface area contributed by atoms with Gasteiger partial charge in [0, 0.05) is 106 Å². The van der Waals surface area contributed by atoms with E-state index in [1.54, 1.807) is 23.6 Å². The molecular weight excluding hydrogens is 827 g/mol. The fraction of sp³-hybridized carbons (Fsp3) is 0.477. The summed E-state index contributed by atoms with van der Waals surface area (Å²) >= 11 is 0. The van der Waals surface area contributed by atoms with Crippen LogP contribution in [-0.2, 0) is 13.1 Å². The maximum Gasteiger partial charge on any atom is 0.341 e. The molecule has 0 spiro atoms. The number of hydrogen-bond donors (Lipinski definition) is 5. The Kier molecular flexibility index (Phi) is 14.8. The summed E-state index contributed by atoms with van der Waals surface area (Å²) in [5, 5.41) is 9.85. The predicted octanol–water partition coefficient (Wildman–Crippen LogP) is 3.18. The first kappa shape index (κ1) is 46.8. The molecule has 4 heterocycles. The predicted molar refractivity (Wildman–Crippen MR) is 251 cm³/mol. The Morgan fingerprint density at radius 3 is 1.55 bits per heavy atom. The molecule has 2 aromatic carbocycles. The number of pyridine rings is 2. The van der Waals surface area contributed by atoms with Crippen molar-refractivity contribution >= 4 is 63.0 Å². The highest BCUT2D eigenvalue weighted by Crippen LogP contribution is 2.29. The molecule has 20 heteroatoms. The van der Waals surface area contributed by atoms with Crippen LogP contribution >= 0.6 is 0 Å². The normalized spacial score (nSPS) is 18.2. The average Bonchev–Trinajstić information content (AvgIpc) is 3.25. The van der Waals surface area contributed by atoms with Gasteiger partial charge >= 0.3 is 5.97 Å². The van der Waals surface area contributed by atoms with E-state index >= 15 is 8.78 Å². The number of carboxylic acid groups (broad SMARTS) is 1. The molecule has 2 aliphatic rings. The van der Waals surface area contributed by atoms with E-state index in [1.165, 1.54) is 12.3 Å². The van der Waals surface area contributed by atoms with Crippen LogP contribution in [0.5, 0.6) is 0 Å². The quantitative estimate of drug-likeness (QED) is 0.0783. The van der Waals surface area contributed by atoms with Gasteiger partial charge in [-0.25, -0.2) is 13.6 Å². The second kappa shape index (κ2) is 20.2. The van der Waals surface area contributed by atoms with E-state index in [0.29, 0.717) is 98.8 Å². The third-order valence-corrected chi connectivity index (χ3v) is 12.0. The summed E-state index contributed by atoms with van der Waals surface area (Å²) in [5.41, 5.74) is 26.1. The molecule has 0 aliphatic carbocycles. The lowest BCUT2D eigenvalue weighted by Crippen LogP contribution is -2.56. The number of rotatable bonds is 12. The van der Waals surface area contributed by atoms with Gasteiger partial charge in [0.15, 0.2) is 17.3 Å². The number of anilines is 2. The van der Waals surface area contributed by atoms with E-state index in [9.17, 15) is 19.5 Å². The largest absolute Gasteiger partial charge is 0.477 e. The SMILES string of the molecule is CCn1cc(C)c(=O)c2cc(F)c(N3CCN(/C(N)=N/C(N)=NCCCCCCN=C(N)/N=C(\N)N4CCN(c5cc6c(cc5F)c(=O)c(C(=O)O)cn6CC)CC4C)C(C)C3)cc21. The van der Waals surface area contributed by atoms with E-state index in [2.05, 4.69) is 20.0 Å². The number of carboxylic acids is 1. The third-order valence-electron chi connectivity index (χ3n) is 12.0. The van der Waals surface area contributed by atoms with E-state index < -0.39 is 28.6 Å². The Balaban J connectivity index is 0.927. The number of halogens is 2. The van der Waals surface area contributed by atoms with Crippen LogP contribution < -0.4 is 43.6 Å². The number of nitrogens with zero attached hydrogens (tertiary/aromatic N) is 10. The van der Waals surface area contributed by atoms with Crippen molar-refractivity contribution in [3.05, 3.63) is 79.9 Å². The number of carbonyl (C=O) groups is 1. The van der Waals surface area contributed by atoms with Crippen molar-refractivity contribution in [2.75, 3.05) is 62.2 Å². The molecule has 2 unspecified atom stereocenters. The van der Waals surface area contributed by atoms with Crippen molar-refractivity contribution in [1.82, 2.24) is 18.9 Å². The number of aromatic carboxylic acids is 1. The highest BCUT2D eigenvalue weighted by atomic mass is 19.1. The summed E-state index contributed by atoms with van der Waals surface area (Å²) in [6, 6.07) is 5.57. The van der Waals surface area contributed by atoms with Gasteiger partial charge in [-0.3, -0.25) is 19.6 Å². The van der Waals surface area contributed by atoms with Gasteiger partial charge in [0.25, 0.3) is 0 Å². The van der Waals surface area contributed by atoms with Gasteiger partial charge < -0.3 is 56.8 Å². The molecule has 0 bridgehead atoms. The van der Waals surface area contributed by atoms with E-state index in [1.807, 2.05) is 58.1 Å². The van der Waals surface area contributed by atoms with Crippen LogP contribution in [0.25, 0.3) is 21.8 Å². The van der Waals surface area contributed by atoms with Crippen molar-refractivity contribution in [1.29, 1.82) is 0 Å². The van der Waals surface area contributed by atoms with Gasteiger partial charge in [-0.1, -0.05) is 12.8 Å². The van der Waals surface area contributed by atoms with E-state index in [4.69, 9.17) is 22.9 Å². The van der Waals surface area contributed by atoms with Crippen molar-refractivity contribution in [3.63, 3.8) is 0 Å². The van der Waals surface area contributed by atoms with Crippen LogP contribution in [0.1, 0.15) is 69.3 Å². The first-order valence-electron chi connectivity index (χ1n) is 21.8. The Bertz CT molecular complexity index is 2640. The number of aromatic nitrogens is 2. The van der Waals surface area contributed by atoms with Crippen molar-refractivity contribution in [3.8, 4) is 0 Å². The van der Waals surface area contributed by atoms with Gasteiger partial charge in [-0.2, -0.15) is 9.98 Å². The number of nitrogens with two attached hydrogens (primary N) is 4. The Hall–Kier alpha value is -6.73. The molecule has 9 N–H and O–H groups in total. The van der Waals surface area contributed by atoms with E-state index in [-0.39, 0.29) is 46.7 Å². The number of unbranched alkanes of at least 4 members (excludes halogenated alkanes) is 3. The molecule has 2 saturated heterocycles. The zero-order valence-electron chi connectivity index (χ0n) is 37.2. The van der Waals surface area contributed by atoms with Crippen molar-refractivity contribution in [2.24, 2.45) is 42.9 Å². The summed E-state index contributed by atoms with van der Waals surface area (Å²) in [4.78, 5) is 62.2. The van der Waals surface area contributed by atoms with Crippen LogP contribution in [0.2, 0.25) is 0 Å². The summed E-state index contributed by atoms with van der Waals surface area (Å²) in [6.45, 7) is 14.2. The Morgan fingerprint density at radius 1 is 0.688 bits per heavy atom. The molecular formula is C44H60F2N14O4. The van der Waals surface area contributed by atoms with Crippen LogP contribution in [0, 0.1) is 18.6 Å². The Morgan fingerprint density at radius 2 is 1.12 bits per heavy atom. The minimum Gasteiger partial charge on any atom is -0.477 e. The van der Waals surface area contributed by atoms with Gasteiger partial charge in [0.2, 0.25) is 17.3 Å². The molecule has 0 saturated carbocycles. The fourth-order valence-electron chi connectivity index (χ4n) is 8.54. The lowest BCUT2D eigenvalue weighted by Gasteiger charge is -2.41. The van der Waals surface area contributed by atoms with Gasteiger partial charge in [0.05, 0.1) is 22.4 Å². The van der Waals surface area contributed by atoms with Crippen LogP contribution in [-0.4, -0.2) is 118 Å². The summed E-state index contributed by atoms with van der Waals surface area (Å²) in [6.07, 6.45) is 6.43. The number of aliphatic imine (C=N–C) groups is 4. The van der Waals surface area contributed by atoms with Crippen LogP contribution in [0.4, 0.5) is 20.2 Å². The lowest BCUT2D eigenvalue weighted by molar-refractivity contribution is 0.0694. The third kappa shape index (κ3) is 10.2. The second-order valence-electron chi connectivity index (χ2n) is 16.3. The van der Waals surface area contributed by atoms with Gasteiger partial charge in [-0.05, 0) is 71.7 Å². The number of aryl methyl sites for hydroxylation is 3. The minimum absolute atomic E-state index is 0.0169. The highest BCUT2D eigenvalue weighted by molar-refractivity contribution is 5.95. The summed E-state index contributed by atoms with van der Waals surface area (Å²) in [5.74, 6) is -1.79. The standard InChI is InChI=1S/C44H60F2N14O4/c1-6-55-22-26(3)38(61)29-18-32(45)36(20-34(29)55)57-14-16-59(27(4)23-57)43(49)53-41(47)51-12-10-8-9-11-13-52-42(48)54-44(50)60-17-15-58(24-28(60)5)37-21-35-30(19-33(37)46)39(62)31(40(63)64)25-56(35)7-2/h18-22,25,27-28H,6-17,23-24H2,1-5H3,(H,63,64)(H4,47,49,51,53)(H4,48,50,52,54). The molecule has 0 radical (unpaired) electrons. The number of guanidine groups is 4. The molecule has 2 aromatic heterocycles. The highest BCUT2D eigenvalue weighted by Gasteiger charge is 2.29. The monoisotopic (exact) mass is 886 g/mol. The van der Waals surface area contributed by atoms with Crippen LogP contribution in [0.3, 0.4) is 0 Å². The smallest absolute Gasteiger partial charge is 0.341 e. The van der Waals surface area contributed by atoms with Crippen molar-refractivity contribution < 1.29 is 18.7 Å². The molecule has 2 fully saturated rings.